The lowest BCUT2D eigenvalue weighted by Gasteiger charge is -2.26. The first-order chi connectivity index (χ1) is 7.08. The standard InChI is InChI=1S/C13H24N2/c1-6-9-10-13(14)15(8-3)12(7-2)11(4)5/h7-8,11,14H,3,6,9-10H2,1-2,4-5H3/b12-7-,14-13?. The Morgan fingerprint density at radius 3 is 2.40 bits per heavy atom. The van der Waals surface area contributed by atoms with Gasteiger partial charge in [0.1, 0.15) is 5.84 Å². The molecule has 0 saturated carbocycles. The van der Waals surface area contributed by atoms with Crippen molar-refractivity contribution in [1.29, 1.82) is 5.41 Å². The van der Waals surface area contributed by atoms with Crippen molar-refractivity contribution in [2.24, 2.45) is 5.92 Å². The van der Waals surface area contributed by atoms with Crippen molar-refractivity contribution < 1.29 is 0 Å². The van der Waals surface area contributed by atoms with E-state index in [1.165, 1.54) is 0 Å². The highest BCUT2D eigenvalue weighted by atomic mass is 15.2. The molecule has 0 rings (SSSR count). The minimum absolute atomic E-state index is 0.426. The lowest BCUT2D eigenvalue weighted by Crippen LogP contribution is -2.26. The van der Waals surface area contributed by atoms with Crippen LogP contribution in [-0.2, 0) is 0 Å². The Hall–Kier alpha value is -1.05. The predicted molar refractivity (Wildman–Crippen MR) is 67.9 cm³/mol. The zero-order valence-corrected chi connectivity index (χ0v) is 10.5. The summed E-state index contributed by atoms with van der Waals surface area (Å²) in [5, 5.41) is 7.99. The summed E-state index contributed by atoms with van der Waals surface area (Å²) in [6.45, 7) is 12.2. The molecule has 2 heteroatoms. The molecule has 0 bridgehead atoms. The molecule has 0 saturated heterocycles. The normalized spacial score (nSPS) is 11.7. The predicted octanol–water partition coefficient (Wildman–Crippen LogP) is 4.16. The Morgan fingerprint density at radius 2 is 2.07 bits per heavy atom. The van der Waals surface area contributed by atoms with Gasteiger partial charge in [-0.05, 0) is 19.3 Å². The SMILES string of the molecule is C=CN(C(=N)CCCC)/C(=C\C)C(C)C. The van der Waals surface area contributed by atoms with Crippen LogP contribution in [0.1, 0.15) is 47.0 Å². The molecule has 0 aliphatic rings. The number of hydrogen-bond acceptors (Lipinski definition) is 1. The molecule has 15 heavy (non-hydrogen) atoms. The quantitative estimate of drug-likeness (QED) is 0.515. The molecule has 1 N–H and O–H groups in total. The Bertz CT molecular complexity index is 239. The van der Waals surface area contributed by atoms with Crippen molar-refractivity contribution in [2.75, 3.05) is 0 Å². The molecule has 0 aliphatic carbocycles. The summed E-state index contributed by atoms with van der Waals surface area (Å²) in [6.07, 6.45) is 6.82. The summed E-state index contributed by atoms with van der Waals surface area (Å²) in [5.41, 5.74) is 1.16. The highest BCUT2D eigenvalue weighted by Crippen LogP contribution is 2.17. The van der Waals surface area contributed by atoms with E-state index < -0.39 is 0 Å². The summed E-state index contributed by atoms with van der Waals surface area (Å²) in [4.78, 5) is 1.90. The third-order valence-corrected chi connectivity index (χ3v) is 2.41. The Kier molecular flexibility index (Phi) is 6.76. The zero-order chi connectivity index (χ0) is 11.8. The van der Waals surface area contributed by atoms with Crippen LogP contribution in [0.5, 0.6) is 0 Å². The molecule has 2 nitrogen and oxygen atoms in total. The maximum atomic E-state index is 7.99. The van der Waals surface area contributed by atoms with Crippen LogP contribution in [0.4, 0.5) is 0 Å². The van der Waals surface area contributed by atoms with Gasteiger partial charge in [-0.1, -0.05) is 39.8 Å². The summed E-state index contributed by atoms with van der Waals surface area (Å²) in [6, 6.07) is 0. The molecular formula is C13H24N2. The van der Waals surface area contributed by atoms with Crippen molar-refractivity contribution in [3.8, 4) is 0 Å². The number of nitrogens with zero attached hydrogens (tertiary/aromatic N) is 1. The van der Waals surface area contributed by atoms with Crippen LogP contribution in [-0.4, -0.2) is 10.7 Å². The van der Waals surface area contributed by atoms with E-state index in [2.05, 4.69) is 33.4 Å². The average molecular weight is 208 g/mol. The van der Waals surface area contributed by atoms with Crippen molar-refractivity contribution in [2.45, 2.75) is 47.0 Å². The van der Waals surface area contributed by atoms with Gasteiger partial charge in [-0.15, -0.1) is 0 Å². The van der Waals surface area contributed by atoms with Crippen molar-refractivity contribution >= 4 is 5.84 Å². The lowest BCUT2D eigenvalue weighted by molar-refractivity contribution is 0.547. The number of nitrogens with one attached hydrogen (secondary N) is 1. The Labute approximate surface area is 94.2 Å². The average Bonchev–Trinajstić information content (AvgIpc) is 2.21. The maximum absolute atomic E-state index is 7.99. The monoisotopic (exact) mass is 208 g/mol. The fraction of sp³-hybridized carbons (Fsp3) is 0.615. The Balaban J connectivity index is 4.60. The van der Waals surface area contributed by atoms with Crippen molar-refractivity contribution in [3.63, 3.8) is 0 Å². The number of unbranched alkanes of at least 4 members (excludes halogenated alkanes) is 1. The van der Waals surface area contributed by atoms with Crippen LogP contribution in [0.3, 0.4) is 0 Å². The van der Waals surface area contributed by atoms with E-state index in [4.69, 9.17) is 5.41 Å². The highest BCUT2D eigenvalue weighted by molar-refractivity contribution is 5.81. The van der Waals surface area contributed by atoms with E-state index in [0.717, 1.165) is 25.0 Å². The van der Waals surface area contributed by atoms with Crippen molar-refractivity contribution in [3.05, 3.63) is 24.6 Å². The first-order valence-corrected chi connectivity index (χ1v) is 5.73. The molecule has 0 aromatic heterocycles. The fourth-order valence-electron chi connectivity index (χ4n) is 1.59. The summed E-state index contributed by atoms with van der Waals surface area (Å²) >= 11 is 0. The van der Waals surface area contributed by atoms with E-state index in [-0.39, 0.29) is 0 Å². The topological polar surface area (TPSA) is 27.1 Å². The molecule has 86 valence electrons. The van der Waals surface area contributed by atoms with Crippen LogP contribution in [0, 0.1) is 11.3 Å². The van der Waals surface area contributed by atoms with Gasteiger partial charge in [0, 0.05) is 18.3 Å². The minimum atomic E-state index is 0.426. The van der Waals surface area contributed by atoms with Gasteiger partial charge >= 0.3 is 0 Å². The molecule has 0 atom stereocenters. The molecule has 0 fully saturated rings. The van der Waals surface area contributed by atoms with Gasteiger partial charge < -0.3 is 4.90 Å². The highest BCUT2D eigenvalue weighted by Gasteiger charge is 2.13. The van der Waals surface area contributed by atoms with E-state index >= 15 is 0 Å². The van der Waals surface area contributed by atoms with Crippen LogP contribution in [0.15, 0.2) is 24.6 Å². The van der Waals surface area contributed by atoms with Gasteiger partial charge in [-0.25, -0.2) is 0 Å². The second-order valence-electron chi connectivity index (χ2n) is 3.97. The first kappa shape index (κ1) is 13.9. The molecule has 0 heterocycles. The van der Waals surface area contributed by atoms with Crippen LogP contribution in [0.25, 0.3) is 0 Å². The number of hydrogen-bond donors (Lipinski definition) is 1. The molecule has 0 unspecified atom stereocenters. The van der Waals surface area contributed by atoms with Crippen LogP contribution in [0.2, 0.25) is 0 Å². The maximum Gasteiger partial charge on any atom is 0.104 e. The van der Waals surface area contributed by atoms with E-state index in [1.54, 1.807) is 6.20 Å². The first-order valence-electron chi connectivity index (χ1n) is 5.73. The number of allylic oxidation sites excluding steroid dienone is 2. The summed E-state index contributed by atoms with van der Waals surface area (Å²) in [5.74, 6) is 1.07. The van der Waals surface area contributed by atoms with Crippen molar-refractivity contribution in [1.82, 2.24) is 4.90 Å². The second kappa shape index (κ2) is 7.27. The minimum Gasteiger partial charge on any atom is -0.310 e. The third-order valence-electron chi connectivity index (χ3n) is 2.41. The van der Waals surface area contributed by atoms with E-state index in [1.807, 2.05) is 11.8 Å². The molecule has 0 aromatic carbocycles. The number of amidine groups is 1. The van der Waals surface area contributed by atoms with Gasteiger partial charge in [-0.3, -0.25) is 5.41 Å². The zero-order valence-electron chi connectivity index (χ0n) is 10.5. The molecule has 0 aliphatic heterocycles. The van der Waals surface area contributed by atoms with Crippen LogP contribution < -0.4 is 0 Å². The molecule has 0 radical (unpaired) electrons. The Morgan fingerprint density at radius 1 is 1.47 bits per heavy atom. The summed E-state index contributed by atoms with van der Waals surface area (Å²) in [7, 11) is 0. The van der Waals surface area contributed by atoms with Gasteiger partial charge in [0.15, 0.2) is 0 Å². The smallest absolute Gasteiger partial charge is 0.104 e. The molecule has 0 amide bonds. The van der Waals surface area contributed by atoms with Gasteiger partial charge in [0.25, 0.3) is 0 Å². The van der Waals surface area contributed by atoms with Crippen LogP contribution >= 0.6 is 0 Å². The fourth-order valence-corrected chi connectivity index (χ4v) is 1.59. The molecular weight excluding hydrogens is 184 g/mol. The van der Waals surface area contributed by atoms with Gasteiger partial charge in [-0.2, -0.15) is 0 Å². The molecule has 0 spiro atoms. The third kappa shape index (κ3) is 4.32. The largest absolute Gasteiger partial charge is 0.310 e. The van der Waals surface area contributed by atoms with Gasteiger partial charge in [0.2, 0.25) is 0 Å². The second-order valence-corrected chi connectivity index (χ2v) is 3.97. The van der Waals surface area contributed by atoms with Gasteiger partial charge in [0.05, 0.1) is 0 Å². The lowest BCUT2D eigenvalue weighted by atomic mass is 10.1. The molecule has 0 aromatic rings. The summed E-state index contributed by atoms with van der Waals surface area (Å²) < 4.78 is 0. The number of rotatable bonds is 6. The van der Waals surface area contributed by atoms with E-state index in [0.29, 0.717) is 11.8 Å². The van der Waals surface area contributed by atoms with E-state index in [9.17, 15) is 0 Å².